The SMILES string of the molecule is Cc1cc(C2=NOC(c3cc(Cl)cc(Cl)c3)(C(F)(F)F)C2)ccc1C(=O)N[C@@H]1CS[C@H]1O. The fourth-order valence-electron chi connectivity index (χ4n) is 3.58. The minimum absolute atomic E-state index is 0.0503. The topological polar surface area (TPSA) is 70.9 Å². The van der Waals surface area contributed by atoms with Crippen LogP contribution in [-0.4, -0.2) is 40.1 Å². The summed E-state index contributed by atoms with van der Waals surface area (Å²) >= 11 is 13.2. The summed E-state index contributed by atoms with van der Waals surface area (Å²) in [5.74, 6) is 0.256. The third-order valence-corrected chi connectivity index (χ3v) is 7.08. The zero-order valence-corrected chi connectivity index (χ0v) is 18.9. The number of carbonyl (C=O) groups is 1. The van der Waals surface area contributed by atoms with Gasteiger partial charge in [-0.25, -0.2) is 0 Å². The van der Waals surface area contributed by atoms with Crippen molar-refractivity contribution < 1.29 is 27.9 Å². The van der Waals surface area contributed by atoms with Crippen LogP contribution >= 0.6 is 35.0 Å². The number of amides is 1. The van der Waals surface area contributed by atoms with Crippen LogP contribution in [0, 0.1) is 6.92 Å². The van der Waals surface area contributed by atoms with Crippen LogP contribution in [0.4, 0.5) is 13.2 Å². The van der Waals surface area contributed by atoms with Crippen molar-refractivity contribution in [3.8, 4) is 0 Å². The number of rotatable bonds is 4. The Balaban J connectivity index is 1.59. The second kappa shape index (κ2) is 8.44. The number of nitrogens with one attached hydrogen (secondary N) is 1. The van der Waals surface area contributed by atoms with Crippen LogP contribution in [0.15, 0.2) is 41.6 Å². The molecule has 0 aromatic heterocycles. The predicted molar refractivity (Wildman–Crippen MR) is 117 cm³/mol. The third kappa shape index (κ3) is 4.19. The van der Waals surface area contributed by atoms with Crippen molar-refractivity contribution >= 4 is 46.6 Å². The lowest BCUT2D eigenvalue weighted by molar-refractivity contribution is -0.275. The van der Waals surface area contributed by atoms with Crippen molar-refractivity contribution in [2.45, 2.75) is 36.6 Å². The molecule has 170 valence electrons. The van der Waals surface area contributed by atoms with Crippen LogP contribution in [0.5, 0.6) is 0 Å². The number of aliphatic hydroxyl groups is 1. The Hall–Kier alpha value is -1.94. The third-order valence-electron chi connectivity index (χ3n) is 5.43. The van der Waals surface area contributed by atoms with Crippen LogP contribution in [-0.2, 0) is 10.4 Å². The first kappa shape index (κ1) is 23.2. The molecule has 0 bridgehead atoms. The summed E-state index contributed by atoms with van der Waals surface area (Å²) in [5, 5.41) is 16.2. The van der Waals surface area contributed by atoms with Gasteiger partial charge < -0.3 is 15.3 Å². The lowest BCUT2D eigenvalue weighted by Gasteiger charge is -2.32. The standard InChI is InChI=1S/C21H17Cl2F3N2O3S/c1-10-4-11(2-3-15(10)18(29)27-17-9-32-19(17)30)16-8-20(31-28-16,21(24,25)26)12-5-13(22)7-14(23)6-12/h2-7,17,19,30H,8-9H2,1H3,(H,27,29)/t17-,19-,20?/m1/s1. The van der Waals surface area contributed by atoms with Gasteiger partial charge in [-0.05, 0) is 48.4 Å². The quantitative estimate of drug-likeness (QED) is 0.611. The van der Waals surface area contributed by atoms with E-state index in [2.05, 4.69) is 10.5 Å². The van der Waals surface area contributed by atoms with Gasteiger partial charge in [0.05, 0.1) is 11.8 Å². The van der Waals surface area contributed by atoms with Crippen LogP contribution in [0.1, 0.15) is 33.5 Å². The molecule has 2 aliphatic rings. The van der Waals surface area contributed by atoms with Crippen molar-refractivity contribution in [2.24, 2.45) is 5.16 Å². The van der Waals surface area contributed by atoms with Gasteiger partial charge in [-0.1, -0.05) is 34.4 Å². The summed E-state index contributed by atoms with van der Waals surface area (Å²) in [4.78, 5) is 17.5. The number of hydrogen-bond acceptors (Lipinski definition) is 5. The molecule has 2 aromatic rings. The molecule has 4 rings (SSSR count). The van der Waals surface area contributed by atoms with Gasteiger partial charge in [-0.2, -0.15) is 13.2 Å². The number of thioether (sulfide) groups is 1. The van der Waals surface area contributed by atoms with Gasteiger partial charge in [-0.3, -0.25) is 4.79 Å². The molecule has 1 saturated heterocycles. The van der Waals surface area contributed by atoms with E-state index in [0.717, 1.165) is 12.1 Å². The lowest BCUT2D eigenvalue weighted by atomic mass is 9.86. The Morgan fingerprint density at radius 1 is 1.25 bits per heavy atom. The zero-order valence-electron chi connectivity index (χ0n) is 16.5. The molecular formula is C21H17Cl2F3N2O3S. The van der Waals surface area contributed by atoms with Crippen molar-refractivity contribution in [1.82, 2.24) is 5.32 Å². The highest BCUT2D eigenvalue weighted by Gasteiger charge is 2.62. The highest BCUT2D eigenvalue weighted by Crippen LogP contribution is 2.49. The number of hydrogen-bond donors (Lipinski definition) is 2. The number of halogens is 5. The molecule has 32 heavy (non-hydrogen) atoms. The molecular weight excluding hydrogens is 488 g/mol. The highest BCUT2D eigenvalue weighted by molar-refractivity contribution is 8.01. The molecule has 1 fully saturated rings. The maximum Gasteiger partial charge on any atom is 0.435 e. The summed E-state index contributed by atoms with van der Waals surface area (Å²) in [6.45, 7) is 1.68. The van der Waals surface area contributed by atoms with Crippen molar-refractivity contribution in [2.75, 3.05) is 5.75 Å². The summed E-state index contributed by atoms with van der Waals surface area (Å²) in [6, 6.07) is 7.95. The maximum absolute atomic E-state index is 14.1. The number of carbonyl (C=O) groups excluding carboxylic acids is 1. The maximum atomic E-state index is 14.1. The molecule has 0 spiro atoms. The van der Waals surface area contributed by atoms with E-state index in [9.17, 15) is 23.1 Å². The molecule has 0 aliphatic carbocycles. The Morgan fingerprint density at radius 2 is 1.94 bits per heavy atom. The first-order valence-electron chi connectivity index (χ1n) is 9.50. The van der Waals surface area contributed by atoms with Gasteiger partial charge in [0.15, 0.2) is 0 Å². The first-order valence-corrected chi connectivity index (χ1v) is 11.3. The number of nitrogens with zero attached hydrogens (tertiary/aromatic N) is 1. The second-order valence-electron chi connectivity index (χ2n) is 7.62. The average molecular weight is 505 g/mol. The minimum atomic E-state index is -4.79. The molecule has 2 aromatic carbocycles. The number of aliphatic hydroxyl groups excluding tert-OH is 1. The first-order chi connectivity index (χ1) is 15.0. The molecule has 2 N–H and O–H groups in total. The van der Waals surface area contributed by atoms with E-state index in [1.54, 1.807) is 13.0 Å². The molecule has 2 heterocycles. The summed E-state index contributed by atoms with van der Waals surface area (Å²) in [6.07, 6.45) is -5.37. The molecule has 11 heteroatoms. The summed E-state index contributed by atoms with van der Waals surface area (Å²) in [5.41, 5.74) is -2.21. The smallest absolute Gasteiger partial charge is 0.380 e. The summed E-state index contributed by atoms with van der Waals surface area (Å²) < 4.78 is 42.4. The fourth-order valence-corrected chi connectivity index (χ4v) is 4.82. The largest absolute Gasteiger partial charge is 0.435 e. The van der Waals surface area contributed by atoms with Crippen LogP contribution in [0.25, 0.3) is 0 Å². The van der Waals surface area contributed by atoms with Crippen LogP contribution in [0.3, 0.4) is 0 Å². The van der Waals surface area contributed by atoms with E-state index in [1.165, 1.54) is 30.0 Å². The monoisotopic (exact) mass is 504 g/mol. The van der Waals surface area contributed by atoms with Crippen LogP contribution in [0.2, 0.25) is 10.0 Å². The van der Waals surface area contributed by atoms with Crippen molar-refractivity contribution in [1.29, 1.82) is 0 Å². The van der Waals surface area contributed by atoms with Gasteiger partial charge in [0.2, 0.25) is 0 Å². The molecule has 1 amide bonds. The number of alkyl halides is 3. The molecule has 1 unspecified atom stereocenters. The predicted octanol–water partition coefficient (Wildman–Crippen LogP) is 5.05. The van der Waals surface area contributed by atoms with E-state index in [1.807, 2.05) is 0 Å². The van der Waals surface area contributed by atoms with E-state index in [-0.39, 0.29) is 33.3 Å². The van der Waals surface area contributed by atoms with E-state index >= 15 is 0 Å². The van der Waals surface area contributed by atoms with E-state index in [4.69, 9.17) is 28.0 Å². The van der Waals surface area contributed by atoms with Gasteiger partial charge in [-0.15, -0.1) is 11.8 Å². The molecule has 0 radical (unpaired) electrons. The number of benzene rings is 2. The normalized spacial score (nSPS) is 25.0. The van der Waals surface area contributed by atoms with Gasteiger partial charge in [0, 0.05) is 33.3 Å². The highest BCUT2D eigenvalue weighted by atomic mass is 35.5. The molecule has 2 aliphatic heterocycles. The van der Waals surface area contributed by atoms with Crippen LogP contribution < -0.4 is 5.32 Å². The fraction of sp³-hybridized carbons (Fsp3) is 0.333. The summed E-state index contributed by atoms with van der Waals surface area (Å²) in [7, 11) is 0. The molecule has 3 atom stereocenters. The zero-order chi connectivity index (χ0) is 23.3. The average Bonchev–Trinajstić information content (AvgIpc) is 3.17. The minimum Gasteiger partial charge on any atom is -0.380 e. The Labute approximate surface area is 195 Å². The van der Waals surface area contributed by atoms with Crippen molar-refractivity contribution in [3.63, 3.8) is 0 Å². The van der Waals surface area contributed by atoms with Gasteiger partial charge >= 0.3 is 6.18 Å². The molecule has 0 saturated carbocycles. The van der Waals surface area contributed by atoms with E-state index in [0.29, 0.717) is 22.4 Å². The van der Waals surface area contributed by atoms with Gasteiger partial charge in [0.1, 0.15) is 5.44 Å². The lowest BCUT2D eigenvalue weighted by Crippen LogP contribution is -2.50. The Morgan fingerprint density at radius 3 is 2.47 bits per heavy atom. The Kier molecular flexibility index (Phi) is 6.13. The van der Waals surface area contributed by atoms with Crippen molar-refractivity contribution in [3.05, 3.63) is 68.7 Å². The number of aryl methyl sites for hydroxylation is 1. The second-order valence-corrected chi connectivity index (χ2v) is 9.65. The van der Waals surface area contributed by atoms with E-state index < -0.39 is 23.6 Å². The molecule has 5 nitrogen and oxygen atoms in total. The Bertz CT molecular complexity index is 1090. The number of oxime groups is 1. The van der Waals surface area contributed by atoms with Gasteiger partial charge in [0.25, 0.3) is 11.5 Å².